The van der Waals surface area contributed by atoms with Gasteiger partial charge in [0.05, 0.1) is 0 Å². The van der Waals surface area contributed by atoms with Crippen molar-refractivity contribution in [2.75, 3.05) is 18.1 Å². The van der Waals surface area contributed by atoms with Crippen molar-refractivity contribution in [2.45, 2.75) is 37.8 Å². The van der Waals surface area contributed by atoms with Crippen LogP contribution in [0.25, 0.3) is 0 Å². The van der Waals surface area contributed by atoms with Crippen LogP contribution < -0.4 is 10.1 Å². The van der Waals surface area contributed by atoms with E-state index in [0.717, 1.165) is 18.0 Å². The molecule has 0 saturated carbocycles. The smallest absolute Gasteiger partial charge is 0.119 e. The van der Waals surface area contributed by atoms with Gasteiger partial charge in [-0.15, -0.1) is 0 Å². The Morgan fingerprint density at radius 2 is 2.00 bits per heavy atom. The largest absolute Gasteiger partial charge is 0.490 e. The third kappa shape index (κ3) is 3.01. The molecule has 0 bridgehead atoms. The number of ether oxygens (including phenoxy) is 1. The fourth-order valence-electron chi connectivity index (χ4n) is 2.74. The van der Waals surface area contributed by atoms with E-state index < -0.39 is 0 Å². The van der Waals surface area contributed by atoms with Gasteiger partial charge in [0.2, 0.25) is 0 Å². The zero-order valence-corrected chi connectivity index (χ0v) is 11.5. The zero-order chi connectivity index (χ0) is 12.2. The first kappa shape index (κ1) is 12.4. The van der Waals surface area contributed by atoms with Gasteiger partial charge in [-0.1, -0.05) is 12.1 Å². The average molecular weight is 263 g/mol. The maximum Gasteiger partial charge on any atom is 0.119 e. The second-order valence-electron chi connectivity index (χ2n) is 5.17. The molecule has 2 unspecified atom stereocenters. The summed E-state index contributed by atoms with van der Waals surface area (Å²) in [5, 5.41) is 3.53. The minimum Gasteiger partial charge on any atom is -0.490 e. The number of hydrogen-bond donors (Lipinski definition) is 1. The molecule has 0 radical (unpaired) electrons. The Bertz CT molecular complexity index is 367. The van der Waals surface area contributed by atoms with Crippen LogP contribution in [0.5, 0.6) is 5.75 Å². The Balaban J connectivity index is 1.59. The third-order valence-corrected chi connectivity index (χ3v) is 4.95. The van der Waals surface area contributed by atoms with Crippen molar-refractivity contribution in [3.8, 4) is 5.75 Å². The van der Waals surface area contributed by atoms with Gasteiger partial charge in [0.25, 0.3) is 0 Å². The Kier molecular flexibility index (Phi) is 4.11. The molecule has 98 valence electrons. The molecular weight excluding hydrogens is 242 g/mol. The van der Waals surface area contributed by atoms with E-state index in [0.29, 0.717) is 12.1 Å². The Morgan fingerprint density at radius 1 is 1.11 bits per heavy atom. The number of rotatable bonds is 3. The maximum absolute atomic E-state index is 6.03. The summed E-state index contributed by atoms with van der Waals surface area (Å²) in [6.45, 7) is 1.15. The molecule has 2 nitrogen and oxygen atoms in total. The molecular formula is C15H21NOS. The molecule has 1 N–H and O–H groups in total. The standard InChI is InChI=1S/C15H21NOS/c1-4-15(16-9-1)12-5-7-13(8-6-12)17-14-3-2-10-18-11-14/h5-8,14-16H,1-4,9-11H2. The van der Waals surface area contributed by atoms with Crippen molar-refractivity contribution >= 4 is 11.8 Å². The van der Waals surface area contributed by atoms with Crippen LogP contribution in [0, 0.1) is 0 Å². The molecule has 0 aromatic heterocycles. The molecule has 1 aromatic carbocycles. The van der Waals surface area contributed by atoms with E-state index in [1.165, 1.54) is 37.0 Å². The number of benzene rings is 1. The Labute approximate surface area is 113 Å². The first-order chi connectivity index (χ1) is 8.92. The Morgan fingerprint density at radius 3 is 2.67 bits per heavy atom. The minimum absolute atomic E-state index is 0.416. The minimum atomic E-state index is 0.416. The van der Waals surface area contributed by atoms with Crippen molar-refractivity contribution in [2.24, 2.45) is 0 Å². The summed E-state index contributed by atoms with van der Waals surface area (Å²) in [5.41, 5.74) is 1.40. The van der Waals surface area contributed by atoms with Gasteiger partial charge in [-0.3, -0.25) is 0 Å². The lowest BCUT2D eigenvalue weighted by Crippen LogP contribution is -2.23. The van der Waals surface area contributed by atoms with Crippen LogP contribution in [-0.2, 0) is 0 Å². The van der Waals surface area contributed by atoms with Crippen molar-refractivity contribution in [3.63, 3.8) is 0 Å². The van der Waals surface area contributed by atoms with Gasteiger partial charge in [-0.05, 0) is 55.7 Å². The number of nitrogens with one attached hydrogen (secondary N) is 1. The highest BCUT2D eigenvalue weighted by Crippen LogP contribution is 2.26. The van der Waals surface area contributed by atoms with Gasteiger partial charge in [-0.25, -0.2) is 0 Å². The molecule has 2 fully saturated rings. The predicted molar refractivity (Wildman–Crippen MR) is 77.4 cm³/mol. The highest BCUT2D eigenvalue weighted by Gasteiger charge is 2.17. The molecule has 1 aromatic rings. The molecule has 18 heavy (non-hydrogen) atoms. The first-order valence-electron chi connectivity index (χ1n) is 6.99. The van der Waals surface area contributed by atoms with Crippen molar-refractivity contribution in [1.82, 2.24) is 5.32 Å². The highest BCUT2D eigenvalue weighted by molar-refractivity contribution is 7.99. The van der Waals surface area contributed by atoms with E-state index >= 15 is 0 Å². The molecule has 0 amide bonds. The van der Waals surface area contributed by atoms with E-state index in [9.17, 15) is 0 Å². The van der Waals surface area contributed by atoms with E-state index in [1.807, 2.05) is 11.8 Å². The van der Waals surface area contributed by atoms with Crippen molar-refractivity contribution in [1.29, 1.82) is 0 Å². The summed E-state index contributed by atoms with van der Waals surface area (Å²) in [7, 11) is 0. The van der Waals surface area contributed by atoms with Gasteiger partial charge in [0.1, 0.15) is 11.9 Å². The number of hydrogen-bond acceptors (Lipinski definition) is 3. The lowest BCUT2D eigenvalue weighted by molar-refractivity contribution is 0.211. The van der Waals surface area contributed by atoms with Crippen molar-refractivity contribution in [3.05, 3.63) is 29.8 Å². The van der Waals surface area contributed by atoms with E-state index in [4.69, 9.17) is 4.74 Å². The second-order valence-corrected chi connectivity index (χ2v) is 6.32. The van der Waals surface area contributed by atoms with Gasteiger partial charge in [0.15, 0.2) is 0 Å². The molecule has 2 heterocycles. The fourth-order valence-corrected chi connectivity index (χ4v) is 3.78. The van der Waals surface area contributed by atoms with Gasteiger partial charge >= 0.3 is 0 Å². The van der Waals surface area contributed by atoms with Crippen LogP contribution in [0.2, 0.25) is 0 Å². The van der Waals surface area contributed by atoms with E-state index in [2.05, 4.69) is 29.6 Å². The molecule has 0 spiro atoms. The predicted octanol–water partition coefficient (Wildman–Crippen LogP) is 3.39. The molecule has 0 aliphatic carbocycles. The average Bonchev–Trinajstić information content (AvgIpc) is 2.95. The zero-order valence-electron chi connectivity index (χ0n) is 10.7. The van der Waals surface area contributed by atoms with Crippen LogP contribution in [0.15, 0.2) is 24.3 Å². The van der Waals surface area contributed by atoms with Gasteiger partial charge in [-0.2, -0.15) is 11.8 Å². The summed E-state index contributed by atoms with van der Waals surface area (Å²) < 4.78 is 6.03. The van der Waals surface area contributed by atoms with Gasteiger partial charge in [0, 0.05) is 11.8 Å². The molecule has 2 saturated heterocycles. The van der Waals surface area contributed by atoms with Crippen LogP contribution >= 0.6 is 11.8 Å². The molecule has 3 rings (SSSR count). The van der Waals surface area contributed by atoms with E-state index in [1.54, 1.807) is 0 Å². The van der Waals surface area contributed by atoms with Crippen molar-refractivity contribution < 1.29 is 4.74 Å². The first-order valence-corrected chi connectivity index (χ1v) is 8.15. The fraction of sp³-hybridized carbons (Fsp3) is 0.600. The van der Waals surface area contributed by atoms with Crippen LogP contribution in [0.4, 0.5) is 0 Å². The van der Waals surface area contributed by atoms with Gasteiger partial charge < -0.3 is 10.1 Å². The lowest BCUT2D eigenvalue weighted by Gasteiger charge is -2.23. The lowest BCUT2D eigenvalue weighted by atomic mass is 10.1. The normalized spacial score (nSPS) is 28.2. The molecule has 2 aliphatic heterocycles. The van der Waals surface area contributed by atoms with E-state index in [-0.39, 0.29) is 0 Å². The SMILES string of the molecule is c1cc(C2CCCN2)ccc1OC1CCCSC1. The summed E-state index contributed by atoms with van der Waals surface area (Å²) in [4.78, 5) is 0. The van der Waals surface area contributed by atoms with Crippen LogP contribution in [-0.4, -0.2) is 24.2 Å². The summed E-state index contributed by atoms with van der Waals surface area (Å²) in [5.74, 6) is 3.47. The molecule has 3 heteroatoms. The summed E-state index contributed by atoms with van der Waals surface area (Å²) in [6.07, 6.45) is 5.47. The molecule has 2 aliphatic rings. The summed E-state index contributed by atoms with van der Waals surface area (Å²) in [6, 6.07) is 9.26. The number of thioether (sulfide) groups is 1. The Hall–Kier alpha value is -0.670. The third-order valence-electron chi connectivity index (χ3n) is 3.76. The maximum atomic E-state index is 6.03. The second kappa shape index (κ2) is 5.98. The highest BCUT2D eigenvalue weighted by atomic mass is 32.2. The summed E-state index contributed by atoms with van der Waals surface area (Å²) >= 11 is 2.01. The monoisotopic (exact) mass is 263 g/mol. The van der Waals surface area contributed by atoms with Crippen LogP contribution in [0.1, 0.15) is 37.3 Å². The topological polar surface area (TPSA) is 21.3 Å². The quantitative estimate of drug-likeness (QED) is 0.903. The molecule has 2 atom stereocenters. The van der Waals surface area contributed by atoms with Crippen LogP contribution in [0.3, 0.4) is 0 Å².